The highest BCUT2D eigenvalue weighted by molar-refractivity contribution is 6.33. The summed E-state index contributed by atoms with van der Waals surface area (Å²) in [5.41, 5.74) is 6.34. The van der Waals surface area contributed by atoms with Gasteiger partial charge in [0.1, 0.15) is 5.82 Å². The van der Waals surface area contributed by atoms with E-state index in [2.05, 4.69) is 28.9 Å². The van der Waals surface area contributed by atoms with E-state index in [1.54, 1.807) is 0 Å². The van der Waals surface area contributed by atoms with Gasteiger partial charge in [0, 0.05) is 41.3 Å². The second-order valence-corrected chi connectivity index (χ2v) is 9.09. The van der Waals surface area contributed by atoms with Gasteiger partial charge in [-0.25, -0.2) is 4.98 Å². The van der Waals surface area contributed by atoms with Crippen molar-refractivity contribution in [2.75, 3.05) is 6.54 Å². The van der Waals surface area contributed by atoms with Crippen LogP contribution in [0.25, 0.3) is 11.4 Å². The molecular weight excluding hydrogens is 389 g/mol. The molecule has 144 valence electrons. The Morgan fingerprint density at radius 2 is 1.93 bits per heavy atom. The van der Waals surface area contributed by atoms with Crippen LogP contribution in [0.15, 0.2) is 42.5 Å². The van der Waals surface area contributed by atoms with Crippen LogP contribution in [0.1, 0.15) is 35.9 Å². The molecule has 1 unspecified atom stereocenters. The summed E-state index contributed by atoms with van der Waals surface area (Å²) >= 11 is 12.6. The summed E-state index contributed by atoms with van der Waals surface area (Å²) in [6.07, 6.45) is 4.17. The summed E-state index contributed by atoms with van der Waals surface area (Å²) in [7, 11) is 0. The Kier molecular flexibility index (Phi) is 4.50. The molecule has 1 atom stereocenters. The van der Waals surface area contributed by atoms with Gasteiger partial charge in [-0.2, -0.15) is 0 Å². The zero-order chi connectivity index (χ0) is 19.3. The molecule has 1 aromatic heterocycles. The quantitative estimate of drug-likeness (QED) is 0.587. The highest BCUT2D eigenvalue weighted by atomic mass is 35.5. The Bertz CT molecular complexity index is 1040. The molecule has 3 aromatic rings. The van der Waals surface area contributed by atoms with Gasteiger partial charge >= 0.3 is 0 Å². The lowest BCUT2D eigenvalue weighted by Crippen LogP contribution is -2.51. The van der Waals surface area contributed by atoms with E-state index in [0.29, 0.717) is 0 Å². The smallest absolute Gasteiger partial charge is 0.139 e. The molecule has 0 fully saturated rings. The monoisotopic (exact) mass is 411 g/mol. The molecule has 3 nitrogen and oxygen atoms in total. The number of benzene rings is 2. The predicted molar refractivity (Wildman–Crippen MR) is 115 cm³/mol. The van der Waals surface area contributed by atoms with Crippen LogP contribution in [0.5, 0.6) is 0 Å². The van der Waals surface area contributed by atoms with Gasteiger partial charge in [-0.15, -0.1) is 0 Å². The Labute approximate surface area is 175 Å². The Morgan fingerprint density at radius 1 is 1.07 bits per heavy atom. The molecule has 0 amide bonds. The molecule has 28 heavy (non-hydrogen) atoms. The van der Waals surface area contributed by atoms with Crippen molar-refractivity contribution in [1.29, 1.82) is 0 Å². The zero-order valence-corrected chi connectivity index (χ0v) is 17.4. The standard InChI is InChI=1S/C23H23Cl2N3/c1-23(28-11-9-15-6-7-17(24)12-16(15)14-28)10-8-20-21(13-23)27-22(26-20)18-4-2-3-5-19(18)25/h2-7,12H,8-11,13-14H2,1H3,(H,26,27). The molecular formula is C23H23Cl2N3. The number of hydrogen-bond acceptors (Lipinski definition) is 2. The molecule has 2 heterocycles. The van der Waals surface area contributed by atoms with Crippen molar-refractivity contribution in [3.63, 3.8) is 0 Å². The van der Waals surface area contributed by atoms with Gasteiger partial charge in [-0.1, -0.05) is 41.4 Å². The fourth-order valence-electron chi connectivity index (χ4n) is 4.69. The van der Waals surface area contributed by atoms with Gasteiger partial charge in [-0.3, -0.25) is 4.90 Å². The van der Waals surface area contributed by atoms with Gasteiger partial charge in [0.25, 0.3) is 0 Å². The average Bonchev–Trinajstić information content (AvgIpc) is 3.10. The largest absolute Gasteiger partial charge is 0.342 e. The lowest BCUT2D eigenvalue weighted by molar-refractivity contribution is 0.0734. The number of fused-ring (bicyclic) bond motifs is 2. The lowest BCUT2D eigenvalue weighted by atomic mass is 9.81. The van der Waals surface area contributed by atoms with Crippen molar-refractivity contribution in [2.24, 2.45) is 0 Å². The van der Waals surface area contributed by atoms with Crippen molar-refractivity contribution in [3.8, 4) is 11.4 Å². The number of H-pyrrole nitrogens is 1. The summed E-state index contributed by atoms with van der Waals surface area (Å²) < 4.78 is 0. The maximum atomic E-state index is 6.38. The second kappa shape index (κ2) is 6.91. The minimum Gasteiger partial charge on any atom is -0.342 e. The Morgan fingerprint density at radius 3 is 2.79 bits per heavy atom. The highest BCUT2D eigenvalue weighted by Crippen LogP contribution is 2.37. The third kappa shape index (κ3) is 3.16. The first kappa shape index (κ1) is 18.2. The van der Waals surface area contributed by atoms with Crippen LogP contribution >= 0.6 is 23.2 Å². The number of nitrogens with zero attached hydrogens (tertiary/aromatic N) is 2. The maximum Gasteiger partial charge on any atom is 0.139 e. The van der Waals surface area contributed by atoms with Crippen molar-refractivity contribution in [1.82, 2.24) is 14.9 Å². The predicted octanol–water partition coefficient (Wildman–Crippen LogP) is 5.69. The van der Waals surface area contributed by atoms with Crippen molar-refractivity contribution < 1.29 is 0 Å². The van der Waals surface area contributed by atoms with E-state index in [1.165, 1.54) is 22.5 Å². The van der Waals surface area contributed by atoms with E-state index in [1.807, 2.05) is 30.3 Å². The van der Waals surface area contributed by atoms with Gasteiger partial charge in [0.2, 0.25) is 0 Å². The third-order valence-electron chi connectivity index (χ3n) is 6.40. The number of nitrogens with one attached hydrogen (secondary N) is 1. The van der Waals surface area contributed by atoms with Gasteiger partial charge in [0.05, 0.1) is 10.7 Å². The highest BCUT2D eigenvalue weighted by Gasteiger charge is 2.38. The van der Waals surface area contributed by atoms with E-state index >= 15 is 0 Å². The first-order valence-corrected chi connectivity index (χ1v) is 10.6. The SMILES string of the molecule is CC1(N2CCc3ccc(Cl)cc3C2)CCc2nc(-c3ccccc3Cl)[nH]c2C1. The van der Waals surface area contributed by atoms with E-state index < -0.39 is 0 Å². The van der Waals surface area contributed by atoms with Gasteiger partial charge in [-0.05, 0) is 61.6 Å². The minimum absolute atomic E-state index is 0.122. The molecule has 0 saturated heterocycles. The number of aromatic amines is 1. The Hall–Kier alpha value is -1.81. The van der Waals surface area contributed by atoms with Crippen LogP contribution in [-0.4, -0.2) is 27.0 Å². The molecule has 0 saturated carbocycles. The number of aromatic nitrogens is 2. The van der Waals surface area contributed by atoms with Gasteiger partial charge in [0.15, 0.2) is 0 Å². The Balaban J connectivity index is 1.42. The third-order valence-corrected chi connectivity index (χ3v) is 6.96. The number of aryl methyl sites for hydroxylation is 1. The number of halogens is 2. The molecule has 1 N–H and O–H groups in total. The number of hydrogen-bond donors (Lipinski definition) is 1. The molecule has 1 aliphatic heterocycles. The van der Waals surface area contributed by atoms with Crippen LogP contribution < -0.4 is 0 Å². The fourth-order valence-corrected chi connectivity index (χ4v) is 5.11. The van der Waals surface area contributed by atoms with E-state index in [0.717, 1.165) is 60.2 Å². The van der Waals surface area contributed by atoms with Crippen molar-refractivity contribution in [3.05, 3.63) is 75.0 Å². The number of rotatable bonds is 2. The summed E-state index contributed by atoms with van der Waals surface area (Å²) in [5.74, 6) is 0.885. The van der Waals surface area contributed by atoms with Crippen LogP contribution in [0.3, 0.4) is 0 Å². The maximum absolute atomic E-state index is 6.38. The van der Waals surface area contributed by atoms with Gasteiger partial charge < -0.3 is 4.98 Å². The molecule has 5 heteroatoms. The zero-order valence-electron chi connectivity index (χ0n) is 15.9. The molecule has 2 aromatic carbocycles. The normalized spacial score (nSPS) is 22.0. The first-order chi connectivity index (χ1) is 13.5. The fraction of sp³-hybridized carbons (Fsp3) is 0.348. The van der Waals surface area contributed by atoms with Crippen LogP contribution in [0, 0.1) is 0 Å². The number of imidazole rings is 1. The van der Waals surface area contributed by atoms with Crippen molar-refractivity contribution in [2.45, 2.75) is 44.7 Å². The minimum atomic E-state index is 0.122. The molecule has 0 radical (unpaired) electrons. The molecule has 5 rings (SSSR count). The summed E-state index contributed by atoms with van der Waals surface area (Å²) in [6, 6.07) is 14.2. The van der Waals surface area contributed by atoms with Crippen LogP contribution in [0.2, 0.25) is 10.0 Å². The summed E-state index contributed by atoms with van der Waals surface area (Å²) in [4.78, 5) is 11.1. The second-order valence-electron chi connectivity index (χ2n) is 8.25. The summed E-state index contributed by atoms with van der Waals surface area (Å²) in [5, 5.41) is 1.57. The average molecular weight is 412 g/mol. The molecule has 0 spiro atoms. The van der Waals surface area contributed by atoms with E-state index in [4.69, 9.17) is 28.2 Å². The molecule has 1 aliphatic carbocycles. The van der Waals surface area contributed by atoms with Crippen LogP contribution in [-0.2, 0) is 25.8 Å². The van der Waals surface area contributed by atoms with E-state index in [9.17, 15) is 0 Å². The van der Waals surface area contributed by atoms with Crippen molar-refractivity contribution >= 4 is 23.2 Å². The van der Waals surface area contributed by atoms with Crippen LogP contribution in [0.4, 0.5) is 0 Å². The molecule has 2 aliphatic rings. The summed E-state index contributed by atoms with van der Waals surface area (Å²) in [6.45, 7) is 4.45. The topological polar surface area (TPSA) is 31.9 Å². The first-order valence-electron chi connectivity index (χ1n) is 9.87. The van der Waals surface area contributed by atoms with E-state index in [-0.39, 0.29) is 5.54 Å². The molecule has 0 bridgehead atoms. The lowest BCUT2D eigenvalue weighted by Gasteiger charge is -2.45.